The minimum absolute atomic E-state index is 0.0246. The van der Waals surface area contributed by atoms with Crippen LogP contribution in [0.2, 0.25) is 0 Å². The molecule has 40 heavy (non-hydrogen) atoms. The number of hydrogen-bond acceptors (Lipinski definition) is 6. The monoisotopic (exact) mass is 563 g/mol. The second kappa shape index (κ2) is 14.0. The van der Waals surface area contributed by atoms with Gasteiger partial charge in [-0.05, 0) is 55.9 Å². The number of aliphatic hydroxyl groups excluding tert-OH is 1. The predicted octanol–water partition coefficient (Wildman–Crippen LogP) is 5.28. The zero-order chi connectivity index (χ0) is 28.7. The lowest BCUT2D eigenvalue weighted by molar-refractivity contribution is 0.00358. The average Bonchev–Trinajstić information content (AvgIpc) is 3.26. The van der Waals surface area contributed by atoms with Crippen LogP contribution in [0.1, 0.15) is 49.9 Å². The Bertz CT molecular complexity index is 1140. The number of rotatable bonds is 15. The lowest BCUT2D eigenvalue weighted by Crippen LogP contribution is -2.47. The van der Waals surface area contributed by atoms with Crippen molar-refractivity contribution in [2.75, 3.05) is 59.4 Å². The normalized spacial score (nSPS) is 19.2. The van der Waals surface area contributed by atoms with Crippen LogP contribution in [-0.2, 0) is 20.6 Å². The van der Waals surface area contributed by atoms with Gasteiger partial charge in [-0.2, -0.15) is 0 Å². The van der Waals surface area contributed by atoms with E-state index in [4.69, 9.17) is 24.1 Å². The Morgan fingerprint density at radius 1 is 0.925 bits per heavy atom. The van der Waals surface area contributed by atoms with Gasteiger partial charge < -0.3 is 24.1 Å². The Hall–Kier alpha value is -2.43. The third kappa shape index (κ3) is 7.64. The molecule has 0 unspecified atom stereocenters. The molecule has 0 bridgehead atoms. The zero-order valence-corrected chi connectivity index (χ0v) is 23.6. The van der Waals surface area contributed by atoms with Gasteiger partial charge in [0.15, 0.2) is 0 Å². The molecule has 0 aromatic heterocycles. The first kappa shape index (κ1) is 30.5. The Morgan fingerprint density at radius 2 is 1.52 bits per heavy atom. The van der Waals surface area contributed by atoms with E-state index in [0.717, 1.165) is 22.3 Å². The topological polar surface area (TPSA) is 60.4 Å². The van der Waals surface area contributed by atoms with Crippen molar-refractivity contribution < 1.29 is 37.2 Å². The molecule has 0 fully saturated rings. The van der Waals surface area contributed by atoms with E-state index in [9.17, 15) is 4.39 Å². The number of benzene rings is 2. The van der Waals surface area contributed by atoms with Crippen LogP contribution in [0.5, 0.6) is 5.75 Å². The van der Waals surface area contributed by atoms with Crippen LogP contribution >= 0.6 is 0 Å². The highest BCUT2D eigenvalue weighted by Crippen LogP contribution is 2.50. The zero-order valence-electron chi connectivity index (χ0n) is 23.6. The van der Waals surface area contributed by atoms with Gasteiger partial charge in [-0.3, -0.25) is 4.90 Å². The first-order chi connectivity index (χ1) is 19.2. The quantitative estimate of drug-likeness (QED) is 0.298. The van der Waals surface area contributed by atoms with E-state index in [-0.39, 0.29) is 50.3 Å². The van der Waals surface area contributed by atoms with E-state index in [1.807, 2.05) is 30.0 Å². The number of fused-ring (bicyclic) bond motifs is 2. The number of halogens is 3. The molecule has 9 heteroatoms. The minimum atomic E-state index is -1.54. The molecule has 0 spiro atoms. The van der Waals surface area contributed by atoms with E-state index in [0.29, 0.717) is 39.3 Å². The fourth-order valence-corrected chi connectivity index (χ4v) is 5.58. The van der Waals surface area contributed by atoms with Crippen molar-refractivity contribution in [3.63, 3.8) is 0 Å². The second-order valence-corrected chi connectivity index (χ2v) is 10.9. The van der Waals surface area contributed by atoms with Crippen molar-refractivity contribution in [2.24, 2.45) is 0 Å². The Balaban J connectivity index is 1.43. The van der Waals surface area contributed by atoms with Crippen molar-refractivity contribution in [1.29, 1.82) is 0 Å². The molecular formula is C31H40F3NO5. The molecule has 220 valence electrons. The average molecular weight is 564 g/mol. The van der Waals surface area contributed by atoms with Crippen LogP contribution in [0.25, 0.3) is 5.57 Å². The summed E-state index contributed by atoms with van der Waals surface area (Å²) in [6.45, 7) is 7.14. The highest BCUT2D eigenvalue weighted by Gasteiger charge is 2.42. The third-order valence-corrected chi connectivity index (χ3v) is 7.20. The Kier molecular flexibility index (Phi) is 10.7. The maximum absolute atomic E-state index is 15.7. The van der Waals surface area contributed by atoms with Gasteiger partial charge in [0.05, 0.1) is 52.3 Å². The van der Waals surface area contributed by atoms with Gasteiger partial charge in [0.25, 0.3) is 0 Å². The fraction of sp³-hybridized carbons (Fsp3) is 0.548. The van der Waals surface area contributed by atoms with E-state index < -0.39 is 23.3 Å². The van der Waals surface area contributed by atoms with Crippen molar-refractivity contribution >= 4 is 5.57 Å². The summed E-state index contributed by atoms with van der Waals surface area (Å²) in [6.07, 6.45) is 1.28. The summed E-state index contributed by atoms with van der Waals surface area (Å²) in [7, 11) is 0. The highest BCUT2D eigenvalue weighted by atomic mass is 19.1. The van der Waals surface area contributed by atoms with Crippen molar-refractivity contribution in [2.45, 2.75) is 51.4 Å². The number of aliphatic hydroxyl groups is 1. The lowest BCUT2D eigenvalue weighted by Gasteiger charge is -2.44. The molecule has 4 rings (SSSR count). The molecule has 0 saturated heterocycles. The van der Waals surface area contributed by atoms with Crippen molar-refractivity contribution in [3.05, 3.63) is 70.3 Å². The molecule has 0 amide bonds. The molecular weight excluding hydrogens is 523 g/mol. The predicted molar refractivity (Wildman–Crippen MR) is 147 cm³/mol. The van der Waals surface area contributed by atoms with Crippen LogP contribution < -0.4 is 4.74 Å². The fourth-order valence-electron chi connectivity index (χ4n) is 5.58. The van der Waals surface area contributed by atoms with Gasteiger partial charge in [0, 0.05) is 30.3 Å². The molecule has 1 N–H and O–H groups in total. The van der Waals surface area contributed by atoms with E-state index in [2.05, 4.69) is 6.07 Å². The molecule has 2 aliphatic rings. The van der Waals surface area contributed by atoms with Crippen molar-refractivity contribution in [3.8, 4) is 5.75 Å². The molecule has 2 aromatic carbocycles. The summed E-state index contributed by atoms with van der Waals surface area (Å²) in [6, 6.07) is 9.64. The van der Waals surface area contributed by atoms with Gasteiger partial charge in [0.1, 0.15) is 29.7 Å². The number of ether oxygens (including phenoxy) is 4. The summed E-state index contributed by atoms with van der Waals surface area (Å²) < 4.78 is 67.8. The smallest absolute Gasteiger partial charge is 0.134 e. The molecule has 2 atom stereocenters. The Morgan fingerprint density at radius 3 is 2.15 bits per heavy atom. The van der Waals surface area contributed by atoms with Gasteiger partial charge in [-0.15, -0.1) is 0 Å². The van der Waals surface area contributed by atoms with Gasteiger partial charge in [-0.1, -0.05) is 24.3 Å². The Labute approximate surface area is 234 Å². The summed E-state index contributed by atoms with van der Waals surface area (Å²) in [4.78, 5) is 1.90. The highest BCUT2D eigenvalue weighted by molar-refractivity contribution is 5.79. The maximum atomic E-state index is 15.7. The van der Waals surface area contributed by atoms with E-state index in [1.54, 1.807) is 0 Å². The third-order valence-electron chi connectivity index (χ3n) is 7.20. The molecule has 1 aliphatic heterocycles. The summed E-state index contributed by atoms with van der Waals surface area (Å²) in [5, 5.41) is 8.64. The molecule has 2 aromatic rings. The van der Waals surface area contributed by atoms with Crippen molar-refractivity contribution in [1.82, 2.24) is 4.90 Å². The van der Waals surface area contributed by atoms with Crippen LogP contribution in [0, 0.1) is 11.6 Å². The molecule has 0 radical (unpaired) electrons. The minimum Gasteiger partial charge on any atom is -0.491 e. The van der Waals surface area contributed by atoms with E-state index >= 15 is 8.78 Å². The molecule has 6 nitrogen and oxygen atoms in total. The van der Waals surface area contributed by atoms with Crippen LogP contribution in [0.4, 0.5) is 13.2 Å². The summed E-state index contributed by atoms with van der Waals surface area (Å²) in [5.41, 5.74) is 2.69. The van der Waals surface area contributed by atoms with Gasteiger partial charge >= 0.3 is 0 Å². The number of hydrogen-bond donors (Lipinski definition) is 1. The van der Waals surface area contributed by atoms with Crippen LogP contribution in [-0.4, -0.2) is 81.1 Å². The van der Waals surface area contributed by atoms with Gasteiger partial charge in [0.2, 0.25) is 0 Å². The SMILES string of the molecule is C[C@@H]1CC2=C(Cc3ccccc32)[C@@H](c2c(F)cc(OCCOCCOCCOCCO)cc2F)N1CC(C)(C)F. The molecule has 1 aliphatic carbocycles. The summed E-state index contributed by atoms with van der Waals surface area (Å²) in [5.74, 6) is -1.35. The number of alkyl halides is 1. The number of nitrogens with zero attached hydrogens (tertiary/aromatic N) is 1. The van der Waals surface area contributed by atoms with E-state index in [1.165, 1.54) is 26.0 Å². The summed E-state index contributed by atoms with van der Waals surface area (Å²) >= 11 is 0. The first-order valence-corrected chi connectivity index (χ1v) is 13.9. The lowest BCUT2D eigenvalue weighted by atomic mass is 9.84. The second-order valence-electron chi connectivity index (χ2n) is 10.9. The van der Waals surface area contributed by atoms with Crippen LogP contribution in [0.15, 0.2) is 42.0 Å². The molecule has 0 saturated carbocycles. The largest absolute Gasteiger partial charge is 0.491 e. The van der Waals surface area contributed by atoms with Crippen LogP contribution in [0.3, 0.4) is 0 Å². The molecule has 1 heterocycles. The van der Waals surface area contributed by atoms with Gasteiger partial charge in [-0.25, -0.2) is 13.2 Å². The maximum Gasteiger partial charge on any atom is 0.134 e. The standard InChI is InChI=1S/C31H40F3NO5/c1-21-16-25-24-7-5-4-6-22(24)17-26(25)30(35(21)20-31(2,3)34)29-27(32)18-23(19-28(29)33)40-15-14-39-13-12-38-11-10-37-9-8-36/h4-7,18-19,21,30,36H,8-17,20H2,1-3H3/t21-,30+/m1/s1. The first-order valence-electron chi connectivity index (χ1n) is 13.9.